The Bertz CT molecular complexity index is 2100. The Morgan fingerprint density at radius 3 is 2.44 bits per heavy atom. The molecule has 4 aromatic rings. The van der Waals surface area contributed by atoms with Crippen molar-refractivity contribution >= 4 is 45.0 Å². The van der Waals surface area contributed by atoms with E-state index < -0.39 is 22.5 Å². The normalized spacial score (nSPS) is 22.9. The number of hydrogen-bond acceptors (Lipinski definition) is 9. The zero-order valence-electron chi connectivity index (χ0n) is 32.8. The molecule has 3 aromatic heterocycles. The van der Waals surface area contributed by atoms with Gasteiger partial charge in [-0.3, -0.25) is 9.36 Å². The number of ether oxygens (including phenoxy) is 4. The van der Waals surface area contributed by atoms with E-state index in [0.717, 1.165) is 11.6 Å². The van der Waals surface area contributed by atoms with Crippen molar-refractivity contribution in [1.29, 1.82) is 0 Å². The molecule has 2 saturated heterocycles. The maximum Gasteiger partial charge on any atom is 0.301 e. The third kappa shape index (κ3) is 7.93. The van der Waals surface area contributed by atoms with Crippen molar-refractivity contribution in [2.45, 2.75) is 115 Å². The number of anilines is 1. The molecule has 2 unspecified atom stereocenters. The van der Waals surface area contributed by atoms with E-state index in [0.29, 0.717) is 77.4 Å². The summed E-state index contributed by atoms with van der Waals surface area (Å²) in [6.07, 6.45) is 1.90. The van der Waals surface area contributed by atoms with Gasteiger partial charge in [-0.05, 0) is 71.9 Å². The minimum absolute atomic E-state index is 0.0611. The van der Waals surface area contributed by atoms with Gasteiger partial charge in [-0.25, -0.2) is 9.37 Å². The summed E-state index contributed by atoms with van der Waals surface area (Å²) in [6, 6.07) is 9.56. The van der Waals surface area contributed by atoms with Gasteiger partial charge in [-0.1, -0.05) is 58.1 Å². The van der Waals surface area contributed by atoms with E-state index in [4.69, 9.17) is 44.9 Å². The van der Waals surface area contributed by atoms with Crippen LogP contribution in [-0.4, -0.2) is 79.7 Å². The van der Waals surface area contributed by atoms with Gasteiger partial charge in [0.25, 0.3) is 5.56 Å². The highest BCUT2D eigenvalue weighted by molar-refractivity contribution is 6.76. The maximum atomic E-state index is 15.8. The standard InChI is InChI=1S/C39H53ClFN5O6Si2/c1-39(2,3)54(8,9)52-31-21-50-34-30(20-49-35(31)34)51-38-43-29-19-26(40)36(44-37(29)46(38)22-48-14-15-53(5,6)7)42-28-11-10-24-16-25(17-27(41)33(24)28)23-12-13-45(4)32(47)18-23/h12-13,16-19,28,30-31,34-35H,10-11,14-15,20-22H2,1-9H3,(H,42,44)/t28?,30-,31?,34-,35-/m1/s1. The molecule has 2 aliphatic heterocycles. The monoisotopic (exact) mass is 797 g/mol. The molecule has 5 heterocycles. The third-order valence-corrected chi connectivity index (χ3v) is 17.8. The Balaban J connectivity index is 1.14. The molecule has 15 heteroatoms. The molecule has 7 rings (SSSR count). The molecule has 0 bridgehead atoms. The highest BCUT2D eigenvalue weighted by Gasteiger charge is 2.52. The number of nitrogens with zero attached hydrogens (tertiary/aromatic N) is 4. The van der Waals surface area contributed by atoms with Crippen LogP contribution in [0.3, 0.4) is 0 Å². The molecule has 11 nitrogen and oxygen atoms in total. The summed E-state index contributed by atoms with van der Waals surface area (Å²) in [5.74, 6) is 0.0796. The fourth-order valence-corrected chi connectivity index (χ4v) is 9.36. The molecule has 0 spiro atoms. The summed E-state index contributed by atoms with van der Waals surface area (Å²) in [4.78, 5) is 22.1. The maximum absolute atomic E-state index is 15.8. The van der Waals surface area contributed by atoms with Gasteiger partial charge in [-0.15, -0.1) is 0 Å². The Hall–Kier alpha value is -3.12. The quantitative estimate of drug-likeness (QED) is 0.113. The van der Waals surface area contributed by atoms with Crippen LogP contribution < -0.4 is 15.6 Å². The first kappa shape index (κ1) is 39.1. The van der Waals surface area contributed by atoms with Crippen LogP contribution in [0.2, 0.25) is 48.8 Å². The van der Waals surface area contributed by atoms with E-state index in [9.17, 15) is 4.79 Å². The number of fused-ring (bicyclic) bond motifs is 3. The largest absolute Gasteiger partial charge is 0.456 e. The number of aryl methyl sites for hydroxylation is 2. The first-order chi connectivity index (χ1) is 25.4. The van der Waals surface area contributed by atoms with E-state index in [2.05, 4.69) is 58.8 Å². The Morgan fingerprint density at radius 2 is 1.74 bits per heavy atom. The lowest BCUT2D eigenvalue weighted by Crippen LogP contribution is -2.47. The Morgan fingerprint density at radius 1 is 1.02 bits per heavy atom. The van der Waals surface area contributed by atoms with Crippen molar-refractivity contribution in [2.24, 2.45) is 7.05 Å². The second kappa shape index (κ2) is 14.8. The van der Waals surface area contributed by atoms with Crippen molar-refractivity contribution in [2.75, 3.05) is 25.1 Å². The molecule has 2 fully saturated rings. The molecular formula is C39H53ClFN5O6Si2. The topological polar surface area (TPSA) is 111 Å². The lowest BCUT2D eigenvalue weighted by molar-refractivity contribution is 0.00687. The van der Waals surface area contributed by atoms with Crippen molar-refractivity contribution in [3.05, 3.63) is 68.8 Å². The van der Waals surface area contributed by atoms with Crippen LogP contribution in [0.5, 0.6) is 6.01 Å². The van der Waals surface area contributed by atoms with Crippen LogP contribution in [0.1, 0.15) is 44.4 Å². The summed E-state index contributed by atoms with van der Waals surface area (Å²) in [6.45, 7) is 19.7. The first-order valence-corrected chi connectivity index (χ1v) is 25.9. The minimum Gasteiger partial charge on any atom is -0.456 e. The Labute approximate surface area is 323 Å². The number of aromatic nitrogens is 4. The van der Waals surface area contributed by atoms with Gasteiger partial charge in [-0.2, -0.15) is 4.98 Å². The second-order valence-electron chi connectivity index (χ2n) is 17.6. The van der Waals surface area contributed by atoms with Crippen LogP contribution in [-0.2, 0) is 38.8 Å². The van der Waals surface area contributed by atoms with Crippen molar-refractivity contribution < 1.29 is 27.8 Å². The van der Waals surface area contributed by atoms with Crippen molar-refractivity contribution in [3.63, 3.8) is 0 Å². The highest BCUT2D eigenvalue weighted by atomic mass is 35.5. The molecule has 0 radical (unpaired) electrons. The predicted octanol–water partition coefficient (Wildman–Crippen LogP) is 7.94. The number of halogens is 2. The number of imidazole rings is 1. The lowest BCUT2D eigenvalue weighted by Gasteiger charge is -2.39. The van der Waals surface area contributed by atoms with Crippen molar-refractivity contribution in [3.8, 4) is 17.1 Å². The molecule has 1 aliphatic carbocycles. The summed E-state index contributed by atoms with van der Waals surface area (Å²) >= 11 is 6.85. The smallest absolute Gasteiger partial charge is 0.301 e. The number of hydrogen-bond donors (Lipinski definition) is 1. The fourth-order valence-electron chi connectivity index (χ4n) is 7.09. The van der Waals surface area contributed by atoms with E-state index >= 15 is 4.39 Å². The van der Waals surface area contributed by atoms with E-state index in [1.54, 1.807) is 19.3 Å². The van der Waals surface area contributed by atoms with Gasteiger partial charge in [0, 0.05) is 39.6 Å². The van der Waals surface area contributed by atoms with E-state index in [1.807, 2.05) is 16.7 Å². The molecule has 5 atom stereocenters. The SMILES string of the molecule is Cn1ccc(-c2cc(F)c3c(c2)CCC3Nc2nc3c(cc2Cl)nc(O[C@@H]2CO[C@@H]4C(O[Si](C)(C)C(C)(C)C)CO[C@@H]42)n3COCC[Si](C)(C)C)cc1=O. The van der Waals surface area contributed by atoms with Crippen molar-refractivity contribution in [1.82, 2.24) is 19.1 Å². The average molecular weight is 799 g/mol. The number of benzene rings is 1. The Kier molecular flexibility index (Phi) is 10.7. The predicted molar refractivity (Wildman–Crippen MR) is 214 cm³/mol. The molecule has 0 amide bonds. The van der Waals surface area contributed by atoms with Crippen LogP contribution in [0.15, 0.2) is 41.3 Å². The fraction of sp³-hybridized carbons (Fsp3) is 0.564. The van der Waals surface area contributed by atoms with Crippen LogP contribution in [0.4, 0.5) is 10.2 Å². The zero-order valence-corrected chi connectivity index (χ0v) is 35.6. The summed E-state index contributed by atoms with van der Waals surface area (Å²) in [7, 11) is -1.69. The van der Waals surface area contributed by atoms with Crippen LogP contribution >= 0.6 is 11.6 Å². The second-order valence-corrected chi connectivity index (χ2v) is 28.4. The number of pyridine rings is 2. The summed E-state index contributed by atoms with van der Waals surface area (Å²) in [5.41, 5.74) is 3.76. The van der Waals surface area contributed by atoms with Crippen LogP contribution in [0.25, 0.3) is 22.3 Å². The highest BCUT2D eigenvalue weighted by Crippen LogP contribution is 2.42. The van der Waals surface area contributed by atoms with Gasteiger partial charge in [0.2, 0.25) is 0 Å². The number of nitrogens with one attached hydrogen (secondary N) is 1. The molecular weight excluding hydrogens is 745 g/mol. The lowest BCUT2D eigenvalue weighted by atomic mass is 9.99. The first-order valence-electron chi connectivity index (χ1n) is 18.9. The minimum atomic E-state index is -2.05. The molecule has 54 heavy (non-hydrogen) atoms. The molecule has 1 N–H and O–H groups in total. The molecule has 0 saturated carbocycles. The average Bonchev–Trinajstić information content (AvgIpc) is 3.85. The van der Waals surface area contributed by atoms with Crippen LogP contribution in [0, 0.1) is 5.82 Å². The van der Waals surface area contributed by atoms with E-state index in [-0.39, 0.29) is 47.5 Å². The molecule has 292 valence electrons. The summed E-state index contributed by atoms with van der Waals surface area (Å²) in [5, 5.41) is 3.85. The van der Waals surface area contributed by atoms with Gasteiger partial charge >= 0.3 is 6.01 Å². The molecule has 1 aromatic carbocycles. The summed E-state index contributed by atoms with van der Waals surface area (Å²) < 4.78 is 51.2. The zero-order chi connectivity index (χ0) is 38.7. The molecule has 3 aliphatic rings. The number of rotatable bonds is 12. The third-order valence-electron chi connectivity index (χ3n) is 11.3. The van der Waals surface area contributed by atoms with Gasteiger partial charge in [0.1, 0.15) is 36.1 Å². The van der Waals surface area contributed by atoms with E-state index in [1.165, 1.54) is 16.7 Å². The van der Waals surface area contributed by atoms with Gasteiger partial charge in [0.05, 0.1) is 30.4 Å². The van der Waals surface area contributed by atoms with Gasteiger partial charge in [0.15, 0.2) is 20.1 Å². The van der Waals surface area contributed by atoms with Gasteiger partial charge < -0.3 is 33.3 Å².